The molecular weight excluding hydrogens is 288 g/mol. The smallest absolute Gasteiger partial charge is 0.188 e. The number of aromatic nitrogens is 1. The van der Waals surface area contributed by atoms with E-state index in [1.54, 1.807) is 18.4 Å². The Morgan fingerprint density at radius 2 is 2.25 bits per heavy atom. The molecule has 1 aromatic heterocycles. The van der Waals surface area contributed by atoms with Gasteiger partial charge in [0.25, 0.3) is 0 Å². The molecule has 16 heavy (non-hydrogen) atoms. The van der Waals surface area contributed by atoms with Crippen molar-refractivity contribution in [2.24, 2.45) is 0 Å². The number of aryl methyl sites for hydroxylation is 1. The number of anilines is 2. The summed E-state index contributed by atoms with van der Waals surface area (Å²) < 4.78 is 6.01. The van der Waals surface area contributed by atoms with Crippen LogP contribution in [0.15, 0.2) is 28.2 Å². The quantitative estimate of drug-likeness (QED) is 0.931. The number of nitrogens with zero attached hydrogens (tertiary/aromatic N) is 1. The van der Waals surface area contributed by atoms with Crippen LogP contribution < -0.4 is 10.1 Å². The minimum atomic E-state index is 0.853. The highest BCUT2D eigenvalue weighted by molar-refractivity contribution is 9.10. The summed E-state index contributed by atoms with van der Waals surface area (Å²) in [6, 6.07) is 5.91. The van der Waals surface area contributed by atoms with Crippen LogP contribution in [0.25, 0.3) is 0 Å². The van der Waals surface area contributed by atoms with Crippen molar-refractivity contribution in [1.82, 2.24) is 4.98 Å². The Hall–Kier alpha value is -1.07. The average Bonchev–Trinajstić information content (AvgIpc) is 2.67. The highest BCUT2D eigenvalue weighted by atomic mass is 79.9. The molecule has 0 spiro atoms. The Morgan fingerprint density at radius 1 is 1.44 bits per heavy atom. The minimum absolute atomic E-state index is 0.853. The molecule has 2 aromatic rings. The summed E-state index contributed by atoms with van der Waals surface area (Å²) in [6.07, 6.45) is 0. The van der Waals surface area contributed by atoms with E-state index in [0.717, 1.165) is 26.7 Å². The lowest BCUT2D eigenvalue weighted by molar-refractivity contribution is 0.414. The zero-order chi connectivity index (χ0) is 11.5. The van der Waals surface area contributed by atoms with Crippen LogP contribution in [0.3, 0.4) is 0 Å². The Labute approximate surface area is 107 Å². The second-order valence-corrected chi connectivity index (χ2v) is 4.95. The molecular formula is C11H11BrN2OS. The van der Waals surface area contributed by atoms with Crippen molar-refractivity contribution in [3.8, 4) is 5.75 Å². The van der Waals surface area contributed by atoms with Crippen molar-refractivity contribution in [3.63, 3.8) is 0 Å². The second-order valence-electron chi connectivity index (χ2n) is 3.28. The minimum Gasteiger partial charge on any atom is -0.497 e. The first kappa shape index (κ1) is 11.4. The highest BCUT2D eigenvalue weighted by Crippen LogP contribution is 2.27. The second kappa shape index (κ2) is 4.84. The van der Waals surface area contributed by atoms with Crippen LogP contribution in [0.1, 0.15) is 5.56 Å². The van der Waals surface area contributed by atoms with Crippen LogP contribution in [0, 0.1) is 6.92 Å². The van der Waals surface area contributed by atoms with Crippen LogP contribution in [-0.4, -0.2) is 12.1 Å². The molecule has 0 fully saturated rings. The molecule has 1 aromatic carbocycles. The maximum atomic E-state index is 5.16. The van der Waals surface area contributed by atoms with Crippen molar-refractivity contribution >= 4 is 38.1 Å². The molecule has 0 aliphatic heterocycles. The number of rotatable bonds is 3. The van der Waals surface area contributed by atoms with E-state index in [2.05, 4.69) is 26.2 Å². The molecule has 3 nitrogen and oxygen atoms in total. The first-order valence-electron chi connectivity index (χ1n) is 4.72. The zero-order valence-electron chi connectivity index (χ0n) is 8.95. The first-order valence-corrected chi connectivity index (χ1v) is 6.39. The van der Waals surface area contributed by atoms with E-state index in [1.807, 2.05) is 30.5 Å². The number of nitrogens with one attached hydrogen (secondary N) is 1. The van der Waals surface area contributed by atoms with Crippen molar-refractivity contribution in [1.29, 1.82) is 0 Å². The average molecular weight is 299 g/mol. The number of methoxy groups -OCH3 is 1. The topological polar surface area (TPSA) is 34.1 Å². The van der Waals surface area contributed by atoms with E-state index >= 15 is 0 Å². The molecule has 0 saturated heterocycles. The highest BCUT2D eigenvalue weighted by Gasteiger charge is 2.03. The fraction of sp³-hybridized carbons (Fsp3) is 0.182. The van der Waals surface area contributed by atoms with Gasteiger partial charge in [0.15, 0.2) is 5.13 Å². The SMILES string of the molecule is COc1ccc(Nc2nc(Br)cs2)c(C)c1. The third-order valence-corrected chi connectivity index (χ3v) is 3.62. The van der Waals surface area contributed by atoms with Crippen LogP contribution in [0.4, 0.5) is 10.8 Å². The number of hydrogen-bond donors (Lipinski definition) is 1. The lowest BCUT2D eigenvalue weighted by Gasteiger charge is -2.08. The van der Waals surface area contributed by atoms with E-state index in [0.29, 0.717) is 0 Å². The molecule has 1 heterocycles. The predicted octanol–water partition coefficient (Wildman–Crippen LogP) is 3.97. The summed E-state index contributed by atoms with van der Waals surface area (Å²) in [5.41, 5.74) is 2.17. The van der Waals surface area contributed by atoms with Gasteiger partial charge in [-0.2, -0.15) is 0 Å². The molecule has 0 atom stereocenters. The molecule has 1 N–H and O–H groups in total. The number of hydrogen-bond acceptors (Lipinski definition) is 4. The largest absolute Gasteiger partial charge is 0.497 e. The van der Waals surface area contributed by atoms with Gasteiger partial charge in [-0.3, -0.25) is 0 Å². The fourth-order valence-electron chi connectivity index (χ4n) is 1.33. The number of ether oxygens (including phenoxy) is 1. The monoisotopic (exact) mass is 298 g/mol. The molecule has 0 radical (unpaired) electrons. The summed E-state index contributed by atoms with van der Waals surface area (Å²) in [6.45, 7) is 2.04. The summed E-state index contributed by atoms with van der Waals surface area (Å²) in [7, 11) is 1.67. The van der Waals surface area contributed by atoms with E-state index < -0.39 is 0 Å². The van der Waals surface area contributed by atoms with Gasteiger partial charge in [0, 0.05) is 11.1 Å². The van der Waals surface area contributed by atoms with Crippen LogP contribution in [0.5, 0.6) is 5.75 Å². The Kier molecular flexibility index (Phi) is 3.46. The molecule has 0 aliphatic carbocycles. The normalized spacial score (nSPS) is 10.2. The molecule has 0 saturated carbocycles. The number of benzene rings is 1. The Morgan fingerprint density at radius 3 is 2.81 bits per heavy atom. The number of halogens is 1. The lowest BCUT2D eigenvalue weighted by Crippen LogP contribution is -1.93. The van der Waals surface area contributed by atoms with Gasteiger partial charge < -0.3 is 10.1 Å². The van der Waals surface area contributed by atoms with Crippen molar-refractivity contribution in [2.45, 2.75) is 6.92 Å². The van der Waals surface area contributed by atoms with Crippen LogP contribution >= 0.6 is 27.3 Å². The fourth-order valence-corrected chi connectivity index (χ4v) is 2.49. The third-order valence-electron chi connectivity index (χ3n) is 2.15. The zero-order valence-corrected chi connectivity index (χ0v) is 11.4. The summed E-state index contributed by atoms with van der Waals surface area (Å²) in [4.78, 5) is 4.28. The maximum Gasteiger partial charge on any atom is 0.188 e. The van der Waals surface area contributed by atoms with E-state index in [-0.39, 0.29) is 0 Å². The van der Waals surface area contributed by atoms with Crippen LogP contribution in [-0.2, 0) is 0 Å². The summed E-state index contributed by atoms with van der Waals surface area (Å²) in [5.74, 6) is 0.864. The molecule has 0 unspecified atom stereocenters. The Bertz CT molecular complexity index is 498. The third kappa shape index (κ3) is 2.54. The molecule has 0 amide bonds. The van der Waals surface area contributed by atoms with Gasteiger partial charge in [-0.05, 0) is 46.6 Å². The lowest BCUT2D eigenvalue weighted by atomic mass is 10.2. The predicted molar refractivity (Wildman–Crippen MR) is 70.8 cm³/mol. The van der Waals surface area contributed by atoms with Gasteiger partial charge in [0.05, 0.1) is 7.11 Å². The first-order chi connectivity index (χ1) is 7.69. The van der Waals surface area contributed by atoms with Crippen LogP contribution in [0.2, 0.25) is 0 Å². The van der Waals surface area contributed by atoms with Gasteiger partial charge in [0.1, 0.15) is 10.4 Å². The van der Waals surface area contributed by atoms with Crippen molar-refractivity contribution < 1.29 is 4.74 Å². The molecule has 5 heteroatoms. The van der Waals surface area contributed by atoms with E-state index in [9.17, 15) is 0 Å². The molecule has 84 valence electrons. The van der Waals surface area contributed by atoms with Gasteiger partial charge >= 0.3 is 0 Å². The molecule has 0 bridgehead atoms. The van der Waals surface area contributed by atoms with Gasteiger partial charge in [0.2, 0.25) is 0 Å². The van der Waals surface area contributed by atoms with E-state index in [1.165, 1.54) is 0 Å². The van der Waals surface area contributed by atoms with Crippen molar-refractivity contribution in [3.05, 3.63) is 33.7 Å². The van der Waals surface area contributed by atoms with Crippen molar-refractivity contribution in [2.75, 3.05) is 12.4 Å². The molecule has 0 aliphatic rings. The summed E-state index contributed by atoms with van der Waals surface area (Å²) >= 11 is 4.89. The van der Waals surface area contributed by atoms with Gasteiger partial charge in [-0.25, -0.2) is 4.98 Å². The molecule has 2 rings (SSSR count). The Balaban J connectivity index is 2.21. The summed E-state index contributed by atoms with van der Waals surface area (Å²) in [5, 5.41) is 6.09. The maximum absolute atomic E-state index is 5.16. The van der Waals surface area contributed by atoms with Gasteiger partial charge in [-0.15, -0.1) is 11.3 Å². The van der Waals surface area contributed by atoms with E-state index in [4.69, 9.17) is 4.74 Å². The van der Waals surface area contributed by atoms with Gasteiger partial charge in [-0.1, -0.05) is 0 Å². The standard InChI is InChI=1S/C11H11BrN2OS/c1-7-5-8(15-2)3-4-9(7)13-11-14-10(12)6-16-11/h3-6H,1-2H3,(H,13,14). The number of thiazole rings is 1.